The van der Waals surface area contributed by atoms with Crippen molar-refractivity contribution >= 4 is 17.6 Å². The fraction of sp³-hybridized carbons (Fsp3) is 0.588. The highest BCUT2D eigenvalue weighted by molar-refractivity contribution is 5.95. The van der Waals surface area contributed by atoms with Crippen LogP contribution in [-0.4, -0.2) is 52.9 Å². The number of anilines is 1. The molecule has 6 nitrogen and oxygen atoms in total. The van der Waals surface area contributed by atoms with E-state index in [0.29, 0.717) is 0 Å². The van der Waals surface area contributed by atoms with E-state index >= 15 is 0 Å². The lowest BCUT2D eigenvalue weighted by Crippen LogP contribution is -2.40. The molecule has 122 valence electrons. The fourth-order valence-electron chi connectivity index (χ4n) is 4.00. The Morgan fingerprint density at radius 1 is 1.22 bits per heavy atom. The molecule has 1 spiro atoms. The number of carbonyl (C=O) groups excluding carboxylic acids is 2. The summed E-state index contributed by atoms with van der Waals surface area (Å²) in [4.78, 5) is 32.8. The van der Waals surface area contributed by atoms with E-state index in [4.69, 9.17) is 0 Å². The predicted octanol–water partition coefficient (Wildman–Crippen LogP) is 1.95. The number of rotatable bonds is 2. The van der Waals surface area contributed by atoms with Crippen LogP contribution in [0, 0.1) is 11.3 Å². The van der Waals surface area contributed by atoms with Crippen molar-refractivity contribution in [3.05, 3.63) is 24.5 Å². The van der Waals surface area contributed by atoms with Gasteiger partial charge in [-0.05, 0) is 37.8 Å². The molecule has 3 amide bonds. The van der Waals surface area contributed by atoms with Gasteiger partial charge in [0, 0.05) is 43.7 Å². The Bertz CT molecular complexity index is 614. The summed E-state index contributed by atoms with van der Waals surface area (Å²) < 4.78 is 0. The molecule has 23 heavy (non-hydrogen) atoms. The van der Waals surface area contributed by atoms with Crippen LogP contribution in [-0.2, 0) is 4.79 Å². The maximum Gasteiger partial charge on any atom is 0.320 e. The molecule has 2 atom stereocenters. The molecule has 2 aliphatic heterocycles. The average Bonchev–Trinajstić information content (AvgIpc) is 2.94. The van der Waals surface area contributed by atoms with Crippen LogP contribution in [0.4, 0.5) is 10.5 Å². The number of hydrogen-bond donors (Lipinski definition) is 1. The van der Waals surface area contributed by atoms with E-state index in [1.165, 1.54) is 0 Å². The number of amides is 3. The smallest absolute Gasteiger partial charge is 0.320 e. The number of hydrogen-bond acceptors (Lipinski definition) is 3. The number of pyridine rings is 1. The Morgan fingerprint density at radius 2 is 2.04 bits per heavy atom. The van der Waals surface area contributed by atoms with Gasteiger partial charge < -0.3 is 15.1 Å². The number of carbonyl (C=O) groups is 2. The molecule has 1 saturated carbocycles. The highest BCUT2D eigenvalue weighted by Crippen LogP contribution is 2.58. The van der Waals surface area contributed by atoms with Crippen molar-refractivity contribution in [2.75, 3.05) is 31.5 Å². The molecule has 1 N–H and O–H groups in total. The van der Waals surface area contributed by atoms with Gasteiger partial charge in [0.15, 0.2) is 0 Å². The van der Waals surface area contributed by atoms with Crippen LogP contribution in [0.1, 0.15) is 25.7 Å². The zero-order valence-corrected chi connectivity index (χ0v) is 13.2. The third-order valence-electron chi connectivity index (χ3n) is 5.47. The van der Waals surface area contributed by atoms with E-state index in [1.807, 2.05) is 21.9 Å². The second kappa shape index (κ2) is 5.51. The quantitative estimate of drug-likeness (QED) is 0.907. The highest BCUT2D eigenvalue weighted by atomic mass is 16.2. The molecule has 2 unspecified atom stereocenters. The summed E-state index contributed by atoms with van der Waals surface area (Å²) in [5.41, 5.74) is 0.754. The van der Waals surface area contributed by atoms with E-state index in [-0.39, 0.29) is 23.3 Å². The monoisotopic (exact) mass is 314 g/mol. The molecule has 4 rings (SSSR count). The molecule has 0 aromatic carbocycles. The highest BCUT2D eigenvalue weighted by Gasteiger charge is 2.61. The number of nitrogens with zero attached hydrogens (tertiary/aromatic N) is 3. The van der Waals surface area contributed by atoms with Crippen LogP contribution in [0.25, 0.3) is 0 Å². The van der Waals surface area contributed by atoms with Gasteiger partial charge in [0.1, 0.15) is 0 Å². The summed E-state index contributed by atoms with van der Waals surface area (Å²) in [6, 6.07) is 3.82. The zero-order chi connectivity index (χ0) is 15.9. The Labute approximate surface area is 135 Å². The van der Waals surface area contributed by atoms with Crippen molar-refractivity contribution in [2.45, 2.75) is 25.7 Å². The van der Waals surface area contributed by atoms with Gasteiger partial charge in [-0.1, -0.05) is 0 Å². The van der Waals surface area contributed by atoms with Crippen LogP contribution >= 0.6 is 0 Å². The van der Waals surface area contributed by atoms with E-state index in [0.717, 1.165) is 57.5 Å². The molecule has 3 heterocycles. The topological polar surface area (TPSA) is 65.5 Å². The van der Waals surface area contributed by atoms with Gasteiger partial charge in [-0.2, -0.15) is 0 Å². The standard InChI is InChI=1S/C17H22N4O2/c22-15(19-13-4-3-6-18-11-13)14-10-17(14)5-9-21(12-17)16(23)20-7-1-2-8-20/h3-4,6,11,14H,1-2,5,7-10,12H2,(H,19,22). The molecule has 0 radical (unpaired) electrons. The van der Waals surface area contributed by atoms with Gasteiger partial charge >= 0.3 is 6.03 Å². The average molecular weight is 314 g/mol. The minimum atomic E-state index is 0.0156. The number of nitrogens with one attached hydrogen (secondary N) is 1. The van der Waals surface area contributed by atoms with Crippen molar-refractivity contribution in [1.82, 2.24) is 14.8 Å². The van der Waals surface area contributed by atoms with Crippen molar-refractivity contribution in [3.8, 4) is 0 Å². The molecule has 6 heteroatoms. The van der Waals surface area contributed by atoms with Crippen molar-refractivity contribution < 1.29 is 9.59 Å². The minimum absolute atomic E-state index is 0.0156. The first-order chi connectivity index (χ1) is 11.2. The Hall–Kier alpha value is -2.11. The lowest BCUT2D eigenvalue weighted by atomic mass is 10.0. The summed E-state index contributed by atoms with van der Waals surface area (Å²) in [6.45, 7) is 3.28. The van der Waals surface area contributed by atoms with E-state index in [2.05, 4.69) is 10.3 Å². The Morgan fingerprint density at radius 3 is 2.78 bits per heavy atom. The summed E-state index contributed by atoms with van der Waals surface area (Å²) >= 11 is 0. The Balaban J connectivity index is 1.35. The zero-order valence-electron chi connectivity index (χ0n) is 13.2. The van der Waals surface area contributed by atoms with Gasteiger partial charge in [-0.15, -0.1) is 0 Å². The van der Waals surface area contributed by atoms with Crippen LogP contribution in [0.15, 0.2) is 24.5 Å². The number of likely N-dealkylation sites (tertiary alicyclic amines) is 2. The SMILES string of the molecule is O=C(Nc1cccnc1)C1CC12CCN(C(=O)N1CCCC1)C2. The first-order valence-corrected chi connectivity index (χ1v) is 8.43. The van der Waals surface area contributed by atoms with Crippen LogP contribution in [0.2, 0.25) is 0 Å². The summed E-state index contributed by atoms with van der Waals surface area (Å²) in [7, 11) is 0. The normalized spacial score (nSPS) is 29.1. The van der Waals surface area contributed by atoms with Crippen molar-refractivity contribution in [1.29, 1.82) is 0 Å². The second-order valence-corrected chi connectivity index (χ2v) is 7.00. The molecular formula is C17H22N4O2. The molecule has 0 bridgehead atoms. The molecule has 1 aromatic rings. The molecule has 1 aliphatic carbocycles. The fourth-order valence-corrected chi connectivity index (χ4v) is 4.00. The second-order valence-electron chi connectivity index (χ2n) is 7.00. The summed E-state index contributed by atoms with van der Waals surface area (Å²) in [5, 5.41) is 2.94. The van der Waals surface area contributed by atoms with E-state index < -0.39 is 0 Å². The maximum atomic E-state index is 12.5. The molecule has 2 saturated heterocycles. The lowest BCUT2D eigenvalue weighted by molar-refractivity contribution is -0.118. The van der Waals surface area contributed by atoms with E-state index in [9.17, 15) is 9.59 Å². The number of aromatic nitrogens is 1. The number of urea groups is 1. The summed E-state index contributed by atoms with van der Waals surface area (Å²) in [6.07, 6.45) is 7.40. The van der Waals surface area contributed by atoms with Crippen LogP contribution in [0.5, 0.6) is 0 Å². The molecule has 3 aliphatic rings. The largest absolute Gasteiger partial charge is 0.325 e. The van der Waals surface area contributed by atoms with Gasteiger partial charge in [-0.25, -0.2) is 4.79 Å². The lowest BCUT2D eigenvalue weighted by Gasteiger charge is -2.24. The molecular weight excluding hydrogens is 292 g/mol. The third kappa shape index (κ3) is 2.66. The van der Waals surface area contributed by atoms with Gasteiger partial charge in [0.05, 0.1) is 11.9 Å². The van der Waals surface area contributed by atoms with Crippen molar-refractivity contribution in [2.24, 2.45) is 11.3 Å². The van der Waals surface area contributed by atoms with Gasteiger partial charge in [0.2, 0.25) is 5.91 Å². The van der Waals surface area contributed by atoms with Gasteiger partial charge in [-0.3, -0.25) is 9.78 Å². The van der Waals surface area contributed by atoms with Gasteiger partial charge in [0.25, 0.3) is 0 Å². The first-order valence-electron chi connectivity index (χ1n) is 8.43. The van der Waals surface area contributed by atoms with Crippen molar-refractivity contribution in [3.63, 3.8) is 0 Å². The van der Waals surface area contributed by atoms with Crippen LogP contribution in [0.3, 0.4) is 0 Å². The Kier molecular flexibility index (Phi) is 3.47. The molecule has 3 fully saturated rings. The maximum absolute atomic E-state index is 12.5. The third-order valence-corrected chi connectivity index (χ3v) is 5.47. The summed E-state index contributed by atoms with van der Waals surface area (Å²) in [5.74, 6) is 0.0903. The first kappa shape index (κ1) is 14.5. The van der Waals surface area contributed by atoms with E-state index in [1.54, 1.807) is 12.4 Å². The minimum Gasteiger partial charge on any atom is -0.325 e. The molecule has 1 aromatic heterocycles. The predicted molar refractivity (Wildman–Crippen MR) is 85.8 cm³/mol. The van der Waals surface area contributed by atoms with Crippen LogP contribution < -0.4 is 5.32 Å².